The summed E-state index contributed by atoms with van der Waals surface area (Å²) in [5.74, 6) is 0. The first kappa shape index (κ1) is 11.3. The second kappa shape index (κ2) is 4.35. The van der Waals surface area contributed by atoms with Gasteiger partial charge in [0.25, 0.3) is 5.69 Å². The van der Waals surface area contributed by atoms with Gasteiger partial charge in [0.1, 0.15) is 10.2 Å². The van der Waals surface area contributed by atoms with Gasteiger partial charge in [-0.15, -0.1) is 11.3 Å². The molecule has 0 fully saturated rings. The van der Waals surface area contributed by atoms with Crippen molar-refractivity contribution in [3.63, 3.8) is 0 Å². The van der Waals surface area contributed by atoms with Crippen LogP contribution in [0.3, 0.4) is 0 Å². The summed E-state index contributed by atoms with van der Waals surface area (Å²) >= 11 is 7.32. The summed E-state index contributed by atoms with van der Waals surface area (Å²) < 4.78 is 0.570. The van der Waals surface area contributed by atoms with Gasteiger partial charge in [-0.25, -0.2) is 4.98 Å². The Kier molecular flexibility index (Phi) is 3.07. The molecule has 1 aromatic heterocycles. The minimum Gasteiger partial charge on any atom is -0.258 e. The zero-order valence-electron chi connectivity index (χ0n) is 8.57. The monoisotopic (exact) mass is 256 g/mol. The fourth-order valence-electron chi connectivity index (χ4n) is 1.47. The number of nitro groups is 1. The highest BCUT2D eigenvalue weighted by atomic mass is 35.5. The largest absolute Gasteiger partial charge is 0.288 e. The van der Waals surface area contributed by atoms with Crippen molar-refractivity contribution in [2.24, 2.45) is 0 Å². The Morgan fingerprint density at radius 2 is 2.31 bits per heavy atom. The van der Waals surface area contributed by atoms with E-state index >= 15 is 0 Å². The lowest BCUT2D eigenvalue weighted by Crippen LogP contribution is -1.87. The maximum atomic E-state index is 10.8. The van der Waals surface area contributed by atoms with Gasteiger partial charge in [-0.1, -0.05) is 18.5 Å². The van der Waals surface area contributed by atoms with E-state index in [1.54, 1.807) is 0 Å². The normalized spacial score (nSPS) is 10.9. The maximum absolute atomic E-state index is 10.8. The average molecular weight is 257 g/mol. The van der Waals surface area contributed by atoms with E-state index in [0.29, 0.717) is 15.2 Å². The summed E-state index contributed by atoms with van der Waals surface area (Å²) in [6, 6.07) is 2.95. The van der Waals surface area contributed by atoms with Crippen molar-refractivity contribution in [2.45, 2.75) is 19.8 Å². The van der Waals surface area contributed by atoms with Gasteiger partial charge in [0, 0.05) is 6.07 Å². The molecule has 0 unspecified atom stereocenters. The molecule has 0 N–H and O–H groups in total. The first-order chi connectivity index (χ1) is 7.63. The number of non-ortho nitro benzene ring substituents is 1. The third kappa shape index (κ3) is 1.88. The standard InChI is InChI=1S/C10H9ClN2O2S/c1-2-3-8-12-9-6(11)4-5-7(13(14)15)10(9)16-8/h4-5H,2-3H2,1H3. The summed E-state index contributed by atoms with van der Waals surface area (Å²) in [4.78, 5) is 14.8. The van der Waals surface area contributed by atoms with Crippen molar-refractivity contribution >= 4 is 38.8 Å². The fraction of sp³-hybridized carbons (Fsp3) is 0.300. The second-order valence-corrected chi connectivity index (χ2v) is 4.85. The highest BCUT2D eigenvalue weighted by molar-refractivity contribution is 7.19. The Balaban J connectivity index is 2.67. The number of aromatic nitrogens is 1. The van der Waals surface area contributed by atoms with Crippen molar-refractivity contribution in [1.29, 1.82) is 0 Å². The lowest BCUT2D eigenvalue weighted by atomic mass is 10.3. The molecule has 2 aromatic rings. The number of thiazole rings is 1. The van der Waals surface area contributed by atoms with E-state index < -0.39 is 4.92 Å². The molecule has 1 aromatic carbocycles. The van der Waals surface area contributed by atoms with Crippen molar-refractivity contribution in [3.05, 3.63) is 32.3 Å². The van der Waals surface area contributed by atoms with Crippen LogP contribution in [0.15, 0.2) is 12.1 Å². The van der Waals surface area contributed by atoms with Crippen molar-refractivity contribution < 1.29 is 4.92 Å². The van der Waals surface area contributed by atoms with Crippen molar-refractivity contribution in [1.82, 2.24) is 4.98 Å². The first-order valence-electron chi connectivity index (χ1n) is 4.85. The predicted octanol–water partition coefficient (Wildman–Crippen LogP) is 3.81. The van der Waals surface area contributed by atoms with Gasteiger partial charge >= 0.3 is 0 Å². The molecule has 0 aliphatic heterocycles. The highest BCUT2D eigenvalue weighted by Gasteiger charge is 2.18. The molecule has 4 nitrogen and oxygen atoms in total. The van der Waals surface area contributed by atoms with E-state index in [4.69, 9.17) is 11.6 Å². The van der Waals surface area contributed by atoms with Crippen molar-refractivity contribution in [3.8, 4) is 0 Å². The molecule has 0 atom stereocenters. The zero-order valence-corrected chi connectivity index (χ0v) is 10.1. The molecule has 84 valence electrons. The van der Waals surface area contributed by atoms with Gasteiger partial charge in [0.15, 0.2) is 0 Å². The number of aryl methyl sites for hydroxylation is 1. The molecule has 6 heteroatoms. The van der Waals surface area contributed by atoms with Crippen LogP contribution in [0.4, 0.5) is 5.69 Å². The molecule has 16 heavy (non-hydrogen) atoms. The summed E-state index contributed by atoms with van der Waals surface area (Å²) in [5.41, 5.74) is 0.628. The fourth-order valence-corrected chi connectivity index (χ4v) is 2.91. The van der Waals surface area contributed by atoms with Crippen LogP contribution in [0.1, 0.15) is 18.4 Å². The quantitative estimate of drug-likeness (QED) is 0.620. The van der Waals surface area contributed by atoms with Crippen LogP contribution in [0.2, 0.25) is 5.02 Å². The summed E-state index contributed by atoms with van der Waals surface area (Å²) in [7, 11) is 0. The lowest BCUT2D eigenvalue weighted by Gasteiger charge is -1.93. The Labute approximate surface area is 101 Å². The molecular formula is C10H9ClN2O2S. The van der Waals surface area contributed by atoms with Gasteiger partial charge < -0.3 is 0 Å². The predicted molar refractivity (Wildman–Crippen MR) is 65.3 cm³/mol. The number of hydrogen-bond acceptors (Lipinski definition) is 4. The number of halogens is 1. The lowest BCUT2D eigenvalue weighted by molar-refractivity contribution is -0.382. The number of nitro benzene ring substituents is 1. The Morgan fingerprint density at radius 3 is 2.94 bits per heavy atom. The van der Waals surface area contributed by atoms with Gasteiger partial charge in [-0.3, -0.25) is 10.1 Å². The van der Waals surface area contributed by atoms with Gasteiger partial charge in [0.05, 0.1) is 15.0 Å². The summed E-state index contributed by atoms with van der Waals surface area (Å²) in [6.07, 6.45) is 1.79. The molecule has 2 rings (SSSR count). The maximum Gasteiger partial charge on any atom is 0.288 e. The average Bonchev–Trinajstić information content (AvgIpc) is 2.62. The summed E-state index contributed by atoms with van der Waals surface area (Å²) in [6.45, 7) is 2.04. The molecule has 0 saturated heterocycles. The van der Waals surface area contributed by atoms with Gasteiger partial charge in [0.2, 0.25) is 0 Å². The first-order valence-corrected chi connectivity index (χ1v) is 6.05. The number of rotatable bonds is 3. The van der Waals surface area contributed by atoms with Crippen LogP contribution < -0.4 is 0 Å². The molecule has 0 aliphatic carbocycles. The highest BCUT2D eigenvalue weighted by Crippen LogP contribution is 2.35. The Hall–Kier alpha value is -1.20. The number of hydrogen-bond donors (Lipinski definition) is 0. The molecular weight excluding hydrogens is 248 g/mol. The molecule has 0 bridgehead atoms. The second-order valence-electron chi connectivity index (χ2n) is 3.36. The zero-order chi connectivity index (χ0) is 11.7. The van der Waals surface area contributed by atoms with E-state index in [-0.39, 0.29) is 5.69 Å². The van der Waals surface area contributed by atoms with E-state index in [2.05, 4.69) is 4.98 Å². The molecule has 0 radical (unpaired) electrons. The molecule has 0 amide bonds. The SMILES string of the molecule is CCCc1nc2c(Cl)ccc([N+](=O)[O-])c2s1. The minimum absolute atomic E-state index is 0.0826. The van der Waals surface area contributed by atoms with Crippen LogP contribution in [0.5, 0.6) is 0 Å². The van der Waals surface area contributed by atoms with E-state index in [0.717, 1.165) is 17.8 Å². The molecule has 1 heterocycles. The third-order valence-electron chi connectivity index (χ3n) is 2.18. The Bertz CT molecular complexity index is 553. The minimum atomic E-state index is -0.396. The van der Waals surface area contributed by atoms with Gasteiger partial charge in [-0.05, 0) is 18.9 Å². The number of fused-ring (bicyclic) bond motifs is 1. The molecule has 0 spiro atoms. The van der Waals surface area contributed by atoms with E-state index in [1.807, 2.05) is 6.92 Å². The van der Waals surface area contributed by atoms with Crippen molar-refractivity contribution in [2.75, 3.05) is 0 Å². The van der Waals surface area contributed by atoms with E-state index in [9.17, 15) is 10.1 Å². The topological polar surface area (TPSA) is 56.0 Å². The third-order valence-corrected chi connectivity index (χ3v) is 3.62. The van der Waals surface area contributed by atoms with Gasteiger partial charge in [-0.2, -0.15) is 0 Å². The van der Waals surface area contributed by atoms with Crippen LogP contribution in [-0.4, -0.2) is 9.91 Å². The smallest absolute Gasteiger partial charge is 0.258 e. The van der Waals surface area contributed by atoms with E-state index in [1.165, 1.54) is 23.5 Å². The number of benzene rings is 1. The van der Waals surface area contributed by atoms with Crippen LogP contribution in [0.25, 0.3) is 10.2 Å². The van der Waals surface area contributed by atoms with Crippen LogP contribution >= 0.6 is 22.9 Å². The summed E-state index contributed by atoms with van der Waals surface area (Å²) in [5, 5.41) is 12.2. The molecule has 0 saturated carbocycles. The molecule has 0 aliphatic rings. The number of nitrogens with zero attached hydrogens (tertiary/aromatic N) is 2. The Morgan fingerprint density at radius 1 is 1.56 bits per heavy atom. The van der Waals surface area contributed by atoms with Crippen LogP contribution in [-0.2, 0) is 6.42 Å². The van der Waals surface area contributed by atoms with Crippen LogP contribution in [0, 0.1) is 10.1 Å².